The molecular weight excluding hydrogens is 352 g/mol. The highest BCUT2D eigenvalue weighted by atomic mass is 19.2. The van der Waals surface area contributed by atoms with Gasteiger partial charge in [0.2, 0.25) is 5.91 Å². The molecule has 2 N–H and O–H groups in total. The molecule has 1 fully saturated rings. The molecule has 10 heteroatoms. The number of urea groups is 1. The zero-order valence-corrected chi connectivity index (χ0v) is 13.9. The first kappa shape index (κ1) is 19.3. The summed E-state index contributed by atoms with van der Waals surface area (Å²) in [5.41, 5.74) is 0.0235. The van der Waals surface area contributed by atoms with E-state index in [1.807, 2.05) is 0 Å². The molecule has 0 aliphatic carbocycles. The zero-order chi connectivity index (χ0) is 19.3. The Labute approximate surface area is 147 Å². The van der Waals surface area contributed by atoms with E-state index in [1.165, 1.54) is 13.0 Å². The van der Waals surface area contributed by atoms with Crippen LogP contribution in [0.25, 0.3) is 0 Å². The molecule has 0 saturated carbocycles. The molecule has 1 saturated heterocycles. The molecule has 0 unspecified atom stereocenters. The van der Waals surface area contributed by atoms with Crippen molar-refractivity contribution in [1.82, 2.24) is 10.2 Å². The summed E-state index contributed by atoms with van der Waals surface area (Å²) in [4.78, 5) is 47.3. The van der Waals surface area contributed by atoms with Crippen molar-refractivity contribution in [1.29, 1.82) is 0 Å². The van der Waals surface area contributed by atoms with Crippen molar-refractivity contribution in [2.24, 2.45) is 0 Å². The molecule has 140 valence electrons. The van der Waals surface area contributed by atoms with Crippen LogP contribution in [0.4, 0.5) is 19.3 Å². The summed E-state index contributed by atoms with van der Waals surface area (Å²) in [6, 6.07) is 2.32. The molecular formula is C16H17F2N3O5. The molecule has 0 spiro atoms. The summed E-state index contributed by atoms with van der Waals surface area (Å²) in [7, 11) is 0. The number of nitrogens with zero attached hydrogens (tertiary/aromatic N) is 1. The van der Waals surface area contributed by atoms with Crippen LogP contribution in [-0.2, 0) is 19.1 Å². The van der Waals surface area contributed by atoms with Crippen LogP contribution < -0.4 is 10.6 Å². The predicted molar refractivity (Wildman–Crippen MR) is 84.9 cm³/mol. The van der Waals surface area contributed by atoms with Crippen LogP contribution in [0.15, 0.2) is 18.2 Å². The number of carbonyl (C=O) groups excluding carboxylic acids is 4. The minimum atomic E-state index is -1.16. The van der Waals surface area contributed by atoms with Gasteiger partial charge in [-0.3, -0.25) is 19.3 Å². The summed E-state index contributed by atoms with van der Waals surface area (Å²) >= 11 is 0. The number of carbonyl (C=O) groups is 4. The first-order chi connectivity index (χ1) is 12.3. The third-order valence-corrected chi connectivity index (χ3v) is 3.56. The van der Waals surface area contributed by atoms with Gasteiger partial charge in [-0.05, 0) is 25.5 Å². The van der Waals surface area contributed by atoms with Crippen molar-refractivity contribution in [3.8, 4) is 0 Å². The van der Waals surface area contributed by atoms with Gasteiger partial charge in [-0.15, -0.1) is 0 Å². The van der Waals surface area contributed by atoms with Crippen LogP contribution >= 0.6 is 0 Å². The Morgan fingerprint density at radius 1 is 1.31 bits per heavy atom. The first-order valence-corrected chi connectivity index (χ1v) is 7.81. The van der Waals surface area contributed by atoms with Crippen LogP contribution in [0.1, 0.15) is 19.8 Å². The van der Waals surface area contributed by atoms with E-state index in [2.05, 4.69) is 10.6 Å². The Morgan fingerprint density at radius 3 is 2.65 bits per heavy atom. The quantitative estimate of drug-likeness (QED) is 0.554. The number of esters is 1. The van der Waals surface area contributed by atoms with E-state index in [4.69, 9.17) is 4.74 Å². The lowest BCUT2D eigenvalue weighted by Crippen LogP contribution is -2.33. The van der Waals surface area contributed by atoms with E-state index in [0.29, 0.717) is 0 Å². The minimum absolute atomic E-state index is 0.0235. The zero-order valence-electron chi connectivity index (χ0n) is 13.9. The maximum Gasteiger partial charge on any atom is 0.324 e. The number of hydrogen-bond acceptors (Lipinski definition) is 5. The lowest BCUT2D eigenvalue weighted by atomic mass is 10.2. The molecule has 1 aliphatic rings. The van der Waals surface area contributed by atoms with E-state index in [9.17, 15) is 28.0 Å². The second-order valence-electron chi connectivity index (χ2n) is 5.56. The molecule has 0 radical (unpaired) electrons. The number of benzene rings is 1. The topological polar surface area (TPSA) is 105 Å². The van der Waals surface area contributed by atoms with Gasteiger partial charge in [-0.25, -0.2) is 13.6 Å². The lowest BCUT2D eigenvalue weighted by Gasteiger charge is -2.15. The Bertz CT molecular complexity index is 725. The van der Waals surface area contributed by atoms with Gasteiger partial charge >= 0.3 is 12.0 Å². The molecule has 0 aromatic heterocycles. The highest BCUT2D eigenvalue weighted by Gasteiger charge is 2.28. The highest BCUT2D eigenvalue weighted by molar-refractivity contribution is 6.01. The fourth-order valence-corrected chi connectivity index (χ4v) is 2.19. The first-order valence-electron chi connectivity index (χ1n) is 7.81. The summed E-state index contributed by atoms with van der Waals surface area (Å²) in [5.74, 6) is -3.94. The van der Waals surface area contributed by atoms with Crippen LogP contribution in [-0.4, -0.2) is 47.9 Å². The molecule has 1 aromatic carbocycles. The minimum Gasteiger partial charge on any atom is -0.453 e. The number of ether oxygens (including phenoxy) is 1. The van der Waals surface area contributed by atoms with Crippen LogP contribution in [0.2, 0.25) is 0 Å². The summed E-state index contributed by atoms with van der Waals surface area (Å²) in [6.07, 6.45) is -1.07. The molecule has 8 nitrogen and oxygen atoms in total. The van der Waals surface area contributed by atoms with Gasteiger partial charge in [-0.1, -0.05) is 0 Å². The van der Waals surface area contributed by atoms with Crippen molar-refractivity contribution in [2.75, 3.05) is 18.4 Å². The third-order valence-electron chi connectivity index (χ3n) is 3.56. The maximum absolute atomic E-state index is 13.1. The van der Waals surface area contributed by atoms with Gasteiger partial charge in [0.25, 0.3) is 5.91 Å². The van der Waals surface area contributed by atoms with E-state index in [1.54, 1.807) is 0 Å². The van der Waals surface area contributed by atoms with Gasteiger partial charge in [0.1, 0.15) is 0 Å². The summed E-state index contributed by atoms with van der Waals surface area (Å²) in [5, 5.41) is 4.65. The normalized spacial score (nSPS) is 14.8. The van der Waals surface area contributed by atoms with E-state index in [-0.39, 0.29) is 37.5 Å². The lowest BCUT2D eigenvalue weighted by molar-refractivity contribution is -0.153. The highest BCUT2D eigenvalue weighted by Crippen LogP contribution is 2.14. The Hall–Kier alpha value is -3.04. The summed E-state index contributed by atoms with van der Waals surface area (Å²) in [6.45, 7) is 1.32. The molecule has 0 bridgehead atoms. The standard InChI is InChI=1S/C16H17F2N3O5/c1-9(15(24)20-10-4-5-11(17)12(18)7-10)26-14(23)3-2-6-21-13(22)8-19-16(21)25/h4-5,7,9H,2-3,6,8H2,1H3,(H,19,25)(H,20,24)/t9-/m1/s1. The number of anilines is 1. The van der Waals surface area contributed by atoms with E-state index >= 15 is 0 Å². The Kier molecular flexibility index (Phi) is 6.21. The average Bonchev–Trinajstić information content (AvgIpc) is 2.90. The number of hydrogen-bond donors (Lipinski definition) is 2. The number of nitrogens with one attached hydrogen (secondary N) is 2. The molecule has 1 aromatic rings. The van der Waals surface area contributed by atoms with Crippen molar-refractivity contribution in [3.63, 3.8) is 0 Å². The van der Waals surface area contributed by atoms with Gasteiger partial charge in [0.15, 0.2) is 17.7 Å². The van der Waals surface area contributed by atoms with Crippen LogP contribution in [0.3, 0.4) is 0 Å². The molecule has 26 heavy (non-hydrogen) atoms. The molecule has 1 heterocycles. The van der Waals surface area contributed by atoms with Gasteiger partial charge < -0.3 is 15.4 Å². The smallest absolute Gasteiger partial charge is 0.324 e. The fourth-order valence-electron chi connectivity index (χ4n) is 2.19. The number of halogens is 2. The van der Waals surface area contributed by atoms with E-state index < -0.39 is 35.6 Å². The van der Waals surface area contributed by atoms with Crippen molar-refractivity contribution in [3.05, 3.63) is 29.8 Å². The molecule has 1 atom stereocenters. The second-order valence-corrected chi connectivity index (χ2v) is 5.56. The van der Waals surface area contributed by atoms with Crippen molar-refractivity contribution in [2.45, 2.75) is 25.9 Å². The predicted octanol–water partition coefficient (Wildman–Crippen LogP) is 1.17. The molecule has 4 amide bonds. The SMILES string of the molecule is C[C@@H](OC(=O)CCCN1C(=O)CNC1=O)C(=O)Nc1ccc(F)c(F)c1. The van der Waals surface area contributed by atoms with Gasteiger partial charge in [0.05, 0.1) is 6.54 Å². The molecule has 2 rings (SSSR count). The van der Waals surface area contributed by atoms with Crippen molar-refractivity contribution < 1.29 is 32.7 Å². The molecule has 1 aliphatic heterocycles. The maximum atomic E-state index is 13.1. The largest absolute Gasteiger partial charge is 0.453 e. The number of imide groups is 1. The third kappa shape index (κ3) is 4.98. The average molecular weight is 369 g/mol. The number of rotatable bonds is 7. The van der Waals surface area contributed by atoms with E-state index in [0.717, 1.165) is 17.0 Å². The van der Waals surface area contributed by atoms with Crippen molar-refractivity contribution >= 4 is 29.5 Å². The summed E-state index contributed by atoms with van der Waals surface area (Å²) < 4.78 is 30.9. The van der Waals surface area contributed by atoms with Crippen LogP contribution in [0.5, 0.6) is 0 Å². The van der Waals surface area contributed by atoms with Crippen LogP contribution in [0, 0.1) is 11.6 Å². The second kappa shape index (κ2) is 8.37. The Balaban J connectivity index is 1.75. The fraction of sp³-hybridized carbons (Fsp3) is 0.375. The Morgan fingerprint density at radius 2 is 2.04 bits per heavy atom. The monoisotopic (exact) mass is 369 g/mol. The van der Waals surface area contributed by atoms with Gasteiger partial charge in [0, 0.05) is 24.7 Å². The van der Waals surface area contributed by atoms with Gasteiger partial charge in [-0.2, -0.15) is 0 Å². The number of amides is 4.